The summed E-state index contributed by atoms with van der Waals surface area (Å²) in [5.74, 6) is 0. The van der Waals surface area contributed by atoms with E-state index < -0.39 is 10.0 Å². The van der Waals surface area contributed by atoms with Crippen molar-refractivity contribution in [1.29, 1.82) is 0 Å². The van der Waals surface area contributed by atoms with Crippen LogP contribution in [-0.4, -0.2) is 44.1 Å². The predicted molar refractivity (Wildman–Crippen MR) is 73.3 cm³/mol. The van der Waals surface area contributed by atoms with Crippen molar-refractivity contribution in [2.75, 3.05) is 20.3 Å². The summed E-state index contributed by atoms with van der Waals surface area (Å²) in [5.41, 5.74) is 0.408. The van der Waals surface area contributed by atoms with Crippen LogP contribution >= 0.6 is 0 Å². The summed E-state index contributed by atoms with van der Waals surface area (Å²) < 4.78 is 31.6. The predicted octanol–water partition coefficient (Wildman–Crippen LogP) is 1.22. The lowest BCUT2D eigenvalue weighted by Crippen LogP contribution is -2.39. The number of rotatable bonds is 7. The summed E-state index contributed by atoms with van der Waals surface area (Å²) in [5, 5.41) is 9.27. The molecule has 0 fully saturated rings. The minimum absolute atomic E-state index is 0.155. The van der Waals surface area contributed by atoms with Gasteiger partial charge in [-0.3, -0.25) is 0 Å². The molecule has 1 aromatic rings. The van der Waals surface area contributed by atoms with E-state index in [4.69, 9.17) is 4.74 Å². The lowest BCUT2D eigenvalue weighted by atomic mass is 10.2. The van der Waals surface area contributed by atoms with Gasteiger partial charge in [0.05, 0.1) is 18.1 Å². The molecule has 1 rings (SSSR count). The highest BCUT2D eigenvalue weighted by Crippen LogP contribution is 2.21. The highest BCUT2D eigenvalue weighted by molar-refractivity contribution is 7.89. The van der Waals surface area contributed by atoms with Gasteiger partial charge < -0.3 is 9.84 Å². The minimum atomic E-state index is -3.62. The van der Waals surface area contributed by atoms with E-state index in [9.17, 15) is 13.5 Å². The van der Waals surface area contributed by atoms with E-state index in [0.29, 0.717) is 12.2 Å². The molecule has 0 aliphatic rings. The lowest BCUT2D eigenvalue weighted by Gasteiger charge is -2.26. The Morgan fingerprint density at radius 1 is 1.32 bits per heavy atom. The van der Waals surface area contributed by atoms with Crippen LogP contribution in [0.3, 0.4) is 0 Å². The van der Waals surface area contributed by atoms with Gasteiger partial charge in [-0.15, -0.1) is 0 Å². The average Bonchev–Trinajstić information content (AvgIpc) is 2.38. The van der Waals surface area contributed by atoms with Gasteiger partial charge in [0.15, 0.2) is 0 Å². The second-order valence-corrected chi connectivity index (χ2v) is 6.33. The molecule has 0 atom stereocenters. The fraction of sp³-hybridized carbons (Fsp3) is 0.538. The van der Waals surface area contributed by atoms with Crippen LogP contribution < -0.4 is 0 Å². The van der Waals surface area contributed by atoms with Crippen molar-refractivity contribution < 1.29 is 18.3 Å². The van der Waals surface area contributed by atoms with Gasteiger partial charge in [-0.25, -0.2) is 8.42 Å². The molecule has 0 aliphatic heterocycles. The van der Waals surface area contributed by atoms with E-state index in [-0.39, 0.29) is 24.1 Å². The molecule has 0 radical (unpaired) electrons. The molecule has 1 aromatic carbocycles. The van der Waals surface area contributed by atoms with E-state index in [0.717, 1.165) is 0 Å². The molecule has 0 aliphatic carbocycles. The normalized spacial score (nSPS) is 12.3. The van der Waals surface area contributed by atoms with E-state index >= 15 is 0 Å². The lowest BCUT2D eigenvalue weighted by molar-refractivity contribution is 0.170. The fourth-order valence-corrected chi connectivity index (χ4v) is 3.69. The van der Waals surface area contributed by atoms with Crippen LogP contribution in [0.5, 0.6) is 0 Å². The SMILES string of the molecule is COCCN(C(C)C)S(=O)(=O)c1ccccc1CO. The molecule has 0 aromatic heterocycles. The van der Waals surface area contributed by atoms with E-state index in [2.05, 4.69) is 0 Å². The molecule has 0 saturated carbocycles. The Morgan fingerprint density at radius 3 is 2.47 bits per heavy atom. The Balaban J connectivity index is 3.19. The Hall–Kier alpha value is -0.950. The monoisotopic (exact) mass is 287 g/mol. The highest BCUT2D eigenvalue weighted by atomic mass is 32.2. The maximum absolute atomic E-state index is 12.6. The summed E-state index contributed by atoms with van der Waals surface area (Å²) in [7, 11) is -2.09. The number of hydrogen-bond acceptors (Lipinski definition) is 4. The van der Waals surface area contributed by atoms with Crippen molar-refractivity contribution in [3.8, 4) is 0 Å². The summed E-state index contributed by atoms with van der Waals surface area (Å²) in [4.78, 5) is 0.155. The van der Waals surface area contributed by atoms with Gasteiger partial charge in [-0.1, -0.05) is 18.2 Å². The van der Waals surface area contributed by atoms with Crippen molar-refractivity contribution in [1.82, 2.24) is 4.31 Å². The zero-order valence-corrected chi connectivity index (χ0v) is 12.4. The van der Waals surface area contributed by atoms with Gasteiger partial charge in [0.1, 0.15) is 0 Å². The number of methoxy groups -OCH3 is 1. The first-order valence-electron chi connectivity index (χ1n) is 6.14. The highest BCUT2D eigenvalue weighted by Gasteiger charge is 2.28. The summed E-state index contributed by atoms with van der Waals surface area (Å²) in [6, 6.07) is 6.32. The third kappa shape index (κ3) is 3.76. The van der Waals surface area contributed by atoms with Crippen LogP contribution in [0.2, 0.25) is 0 Å². The summed E-state index contributed by atoms with van der Waals surface area (Å²) in [6.07, 6.45) is 0. The molecule has 6 heteroatoms. The van der Waals surface area contributed by atoms with Crippen molar-refractivity contribution in [3.63, 3.8) is 0 Å². The van der Waals surface area contributed by atoms with Crippen LogP contribution in [0.15, 0.2) is 29.2 Å². The van der Waals surface area contributed by atoms with Gasteiger partial charge in [-0.05, 0) is 25.5 Å². The van der Waals surface area contributed by atoms with Crippen molar-refractivity contribution in [3.05, 3.63) is 29.8 Å². The zero-order chi connectivity index (χ0) is 14.5. The molecule has 0 heterocycles. The minimum Gasteiger partial charge on any atom is -0.392 e. The molecule has 108 valence electrons. The topological polar surface area (TPSA) is 66.8 Å². The Morgan fingerprint density at radius 2 is 1.95 bits per heavy atom. The molecule has 5 nitrogen and oxygen atoms in total. The number of sulfonamides is 1. The fourth-order valence-electron chi connectivity index (χ4n) is 1.85. The third-order valence-corrected chi connectivity index (χ3v) is 5.00. The standard InChI is InChI=1S/C13H21NO4S/c1-11(2)14(8-9-18-3)19(16,17)13-7-5-4-6-12(13)10-15/h4-7,11,15H,8-10H2,1-3H3. The largest absolute Gasteiger partial charge is 0.392 e. The van der Waals surface area contributed by atoms with E-state index in [1.54, 1.807) is 18.2 Å². The van der Waals surface area contributed by atoms with Gasteiger partial charge in [0.2, 0.25) is 10.0 Å². The quantitative estimate of drug-likeness (QED) is 0.819. The number of aliphatic hydroxyl groups excluding tert-OH is 1. The van der Waals surface area contributed by atoms with Crippen molar-refractivity contribution >= 4 is 10.0 Å². The number of hydrogen-bond donors (Lipinski definition) is 1. The number of nitrogens with zero attached hydrogens (tertiary/aromatic N) is 1. The smallest absolute Gasteiger partial charge is 0.243 e. The maximum Gasteiger partial charge on any atom is 0.243 e. The molecule has 0 amide bonds. The zero-order valence-electron chi connectivity index (χ0n) is 11.5. The van der Waals surface area contributed by atoms with Crippen molar-refractivity contribution in [2.24, 2.45) is 0 Å². The van der Waals surface area contributed by atoms with Crippen LogP contribution in [0.25, 0.3) is 0 Å². The third-order valence-electron chi connectivity index (χ3n) is 2.82. The van der Waals surface area contributed by atoms with Crippen LogP contribution in [-0.2, 0) is 21.4 Å². The molecule has 19 heavy (non-hydrogen) atoms. The van der Waals surface area contributed by atoms with E-state index in [1.165, 1.54) is 17.5 Å². The van der Waals surface area contributed by atoms with Crippen molar-refractivity contribution in [2.45, 2.75) is 31.4 Å². The first-order chi connectivity index (χ1) is 8.95. The second kappa shape index (κ2) is 7.00. The van der Waals surface area contributed by atoms with Gasteiger partial charge in [0.25, 0.3) is 0 Å². The van der Waals surface area contributed by atoms with Gasteiger partial charge in [-0.2, -0.15) is 4.31 Å². The maximum atomic E-state index is 12.6. The van der Waals surface area contributed by atoms with Crippen LogP contribution in [0.4, 0.5) is 0 Å². The van der Waals surface area contributed by atoms with E-state index in [1.807, 2.05) is 13.8 Å². The Bertz CT molecular complexity index is 499. The molecular formula is C13H21NO4S. The summed E-state index contributed by atoms with van der Waals surface area (Å²) >= 11 is 0. The Kier molecular flexibility index (Phi) is 5.93. The molecule has 1 N–H and O–H groups in total. The molecule has 0 bridgehead atoms. The first kappa shape index (κ1) is 16.1. The Labute approximate surface area is 114 Å². The molecule has 0 spiro atoms. The molecule has 0 saturated heterocycles. The van der Waals surface area contributed by atoms with Gasteiger partial charge >= 0.3 is 0 Å². The average molecular weight is 287 g/mol. The summed E-state index contributed by atoms with van der Waals surface area (Å²) in [6.45, 7) is 3.95. The number of ether oxygens (including phenoxy) is 1. The van der Waals surface area contributed by atoms with Gasteiger partial charge in [0, 0.05) is 19.7 Å². The number of aliphatic hydroxyl groups is 1. The number of benzene rings is 1. The van der Waals surface area contributed by atoms with Crippen LogP contribution in [0.1, 0.15) is 19.4 Å². The molecular weight excluding hydrogens is 266 g/mol. The second-order valence-electron chi connectivity index (χ2n) is 4.47. The molecule has 0 unspecified atom stereocenters. The first-order valence-corrected chi connectivity index (χ1v) is 7.58. The van der Waals surface area contributed by atoms with Crippen LogP contribution in [0, 0.1) is 0 Å².